The number of halogens is 4. The van der Waals surface area contributed by atoms with Gasteiger partial charge in [0.2, 0.25) is 5.91 Å². The zero-order valence-corrected chi connectivity index (χ0v) is 13.4. The van der Waals surface area contributed by atoms with Gasteiger partial charge in [0.05, 0.1) is 5.56 Å². The average molecular weight is 355 g/mol. The Bertz CT molecular complexity index is 476. The second kappa shape index (κ2) is 8.64. The SMILES string of the molecule is Cl.O=C(CC1CSCCN1)NCc1ccc(C(F)(F)F)cc1. The van der Waals surface area contributed by atoms with Crippen LogP contribution in [0.4, 0.5) is 13.2 Å². The highest BCUT2D eigenvalue weighted by molar-refractivity contribution is 7.99. The van der Waals surface area contributed by atoms with Gasteiger partial charge in [-0.05, 0) is 17.7 Å². The standard InChI is InChI=1S/C14H17F3N2OS.ClH/c15-14(16,17)11-3-1-10(2-4-11)8-19-13(20)7-12-9-21-6-5-18-12;/h1-4,12,18H,5-9H2,(H,19,20);1H. The van der Waals surface area contributed by atoms with Gasteiger partial charge in [-0.25, -0.2) is 0 Å². The Morgan fingerprint density at radius 2 is 2.00 bits per heavy atom. The van der Waals surface area contributed by atoms with Gasteiger partial charge in [0, 0.05) is 37.1 Å². The molecule has 1 atom stereocenters. The molecule has 0 spiro atoms. The van der Waals surface area contributed by atoms with Gasteiger partial charge in [-0.1, -0.05) is 12.1 Å². The smallest absolute Gasteiger partial charge is 0.352 e. The maximum atomic E-state index is 12.4. The average Bonchev–Trinajstić information content (AvgIpc) is 2.46. The van der Waals surface area contributed by atoms with Crippen molar-refractivity contribution in [3.05, 3.63) is 35.4 Å². The van der Waals surface area contributed by atoms with E-state index in [1.54, 1.807) is 0 Å². The molecule has 2 rings (SSSR count). The topological polar surface area (TPSA) is 41.1 Å². The summed E-state index contributed by atoms with van der Waals surface area (Å²) in [6.07, 6.45) is -3.93. The van der Waals surface area contributed by atoms with Crippen molar-refractivity contribution in [3.8, 4) is 0 Å². The third-order valence-corrected chi connectivity index (χ3v) is 4.33. The maximum absolute atomic E-state index is 12.4. The molecule has 0 aromatic heterocycles. The molecule has 1 aliphatic rings. The lowest BCUT2D eigenvalue weighted by Crippen LogP contribution is -2.41. The fraction of sp³-hybridized carbons (Fsp3) is 0.500. The Labute approximate surface area is 137 Å². The summed E-state index contributed by atoms with van der Waals surface area (Å²) in [5.74, 6) is 1.88. The van der Waals surface area contributed by atoms with E-state index < -0.39 is 11.7 Å². The molecule has 0 bridgehead atoms. The van der Waals surface area contributed by atoms with E-state index in [0.29, 0.717) is 12.0 Å². The van der Waals surface area contributed by atoms with E-state index in [0.717, 1.165) is 30.2 Å². The number of benzene rings is 1. The fourth-order valence-electron chi connectivity index (χ4n) is 2.06. The third kappa shape index (κ3) is 6.06. The maximum Gasteiger partial charge on any atom is 0.416 e. The molecule has 1 aromatic rings. The summed E-state index contributed by atoms with van der Waals surface area (Å²) in [5, 5.41) is 6.00. The van der Waals surface area contributed by atoms with Crippen LogP contribution in [0.2, 0.25) is 0 Å². The molecule has 3 nitrogen and oxygen atoms in total. The van der Waals surface area contributed by atoms with E-state index in [1.807, 2.05) is 11.8 Å². The van der Waals surface area contributed by atoms with Crippen LogP contribution in [0.3, 0.4) is 0 Å². The van der Waals surface area contributed by atoms with Gasteiger partial charge in [0.15, 0.2) is 0 Å². The van der Waals surface area contributed by atoms with E-state index in [4.69, 9.17) is 0 Å². The van der Waals surface area contributed by atoms with E-state index in [1.165, 1.54) is 12.1 Å². The van der Waals surface area contributed by atoms with Crippen LogP contribution < -0.4 is 10.6 Å². The molecule has 0 radical (unpaired) electrons. The van der Waals surface area contributed by atoms with Gasteiger partial charge in [-0.2, -0.15) is 24.9 Å². The number of amides is 1. The normalized spacial score (nSPS) is 18.4. The van der Waals surface area contributed by atoms with E-state index in [2.05, 4.69) is 10.6 Å². The molecular weight excluding hydrogens is 337 g/mol. The molecule has 1 aliphatic heterocycles. The molecule has 1 saturated heterocycles. The number of carbonyl (C=O) groups is 1. The van der Waals surface area contributed by atoms with E-state index in [9.17, 15) is 18.0 Å². The van der Waals surface area contributed by atoms with E-state index >= 15 is 0 Å². The first-order valence-corrected chi connectivity index (χ1v) is 7.84. The summed E-state index contributed by atoms with van der Waals surface area (Å²) in [6, 6.07) is 5.01. The zero-order chi connectivity index (χ0) is 15.3. The monoisotopic (exact) mass is 354 g/mol. The number of hydrogen-bond acceptors (Lipinski definition) is 3. The van der Waals surface area contributed by atoms with Gasteiger partial charge in [-0.15, -0.1) is 12.4 Å². The minimum absolute atomic E-state index is 0. The van der Waals surface area contributed by atoms with Crippen molar-refractivity contribution in [3.63, 3.8) is 0 Å². The number of carbonyl (C=O) groups excluding carboxylic acids is 1. The fourth-order valence-corrected chi connectivity index (χ4v) is 3.01. The first-order valence-electron chi connectivity index (χ1n) is 6.69. The molecular formula is C14H18ClF3N2OS. The lowest BCUT2D eigenvalue weighted by atomic mass is 10.1. The van der Waals surface area contributed by atoms with Crippen LogP contribution in [0, 0.1) is 0 Å². The molecule has 1 fully saturated rings. The van der Waals surface area contributed by atoms with Crippen LogP contribution >= 0.6 is 24.2 Å². The van der Waals surface area contributed by atoms with E-state index in [-0.39, 0.29) is 30.9 Å². The van der Waals surface area contributed by atoms with Crippen LogP contribution in [-0.4, -0.2) is 30.0 Å². The van der Waals surface area contributed by atoms with Crippen LogP contribution in [-0.2, 0) is 17.5 Å². The molecule has 0 aliphatic carbocycles. The number of thioether (sulfide) groups is 1. The zero-order valence-electron chi connectivity index (χ0n) is 11.8. The summed E-state index contributed by atoms with van der Waals surface area (Å²) in [7, 11) is 0. The lowest BCUT2D eigenvalue weighted by Gasteiger charge is -2.22. The number of hydrogen-bond donors (Lipinski definition) is 2. The Kier molecular flexibility index (Phi) is 7.52. The highest BCUT2D eigenvalue weighted by Gasteiger charge is 2.29. The Morgan fingerprint density at radius 1 is 1.32 bits per heavy atom. The number of nitrogens with one attached hydrogen (secondary N) is 2. The van der Waals surface area contributed by atoms with Gasteiger partial charge in [-0.3, -0.25) is 4.79 Å². The van der Waals surface area contributed by atoms with Crippen molar-refractivity contribution in [1.29, 1.82) is 0 Å². The first kappa shape index (κ1) is 19.1. The highest BCUT2D eigenvalue weighted by Crippen LogP contribution is 2.29. The Balaban J connectivity index is 0.00000242. The molecule has 124 valence electrons. The molecule has 1 aromatic carbocycles. The second-order valence-corrected chi connectivity index (χ2v) is 6.05. The Morgan fingerprint density at radius 3 is 2.55 bits per heavy atom. The van der Waals surface area contributed by atoms with Crippen LogP contribution in [0.1, 0.15) is 17.5 Å². The van der Waals surface area contributed by atoms with Crippen LogP contribution in [0.15, 0.2) is 24.3 Å². The van der Waals surface area contributed by atoms with Crippen molar-refractivity contribution in [1.82, 2.24) is 10.6 Å². The Hall–Kier alpha value is -0.920. The van der Waals surface area contributed by atoms with Gasteiger partial charge in [0.1, 0.15) is 0 Å². The first-order chi connectivity index (χ1) is 9.95. The molecule has 8 heteroatoms. The van der Waals surface area contributed by atoms with Crippen molar-refractivity contribution >= 4 is 30.1 Å². The second-order valence-electron chi connectivity index (χ2n) is 4.90. The summed E-state index contributed by atoms with van der Waals surface area (Å²) in [4.78, 5) is 11.8. The molecule has 1 heterocycles. The third-order valence-electron chi connectivity index (χ3n) is 3.20. The van der Waals surface area contributed by atoms with Gasteiger partial charge < -0.3 is 10.6 Å². The summed E-state index contributed by atoms with van der Waals surface area (Å²) < 4.78 is 37.2. The molecule has 22 heavy (non-hydrogen) atoms. The molecule has 0 saturated carbocycles. The minimum atomic E-state index is -4.33. The van der Waals surface area contributed by atoms with Crippen molar-refractivity contribution < 1.29 is 18.0 Å². The predicted octanol–water partition coefficient (Wildman–Crippen LogP) is 2.84. The van der Waals surface area contributed by atoms with Crippen LogP contribution in [0.25, 0.3) is 0 Å². The van der Waals surface area contributed by atoms with Crippen LogP contribution in [0.5, 0.6) is 0 Å². The predicted molar refractivity (Wildman–Crippen MR) is 84.3 cm³/mol. The lowest BCUT2D eigenvalue weighted by molar-refractivity contribution is -0.137. The molecule has 1 unspecified atom stereocenters. The molecule has 2 N–H and O–H groups in total. The quantitative estimate of drug-likeness (QED) is 0.873. The minimum Gasteiger partial charge on any atom is -0.352 e. The number of rotatable bonds is 4. The summed E-state index contributed by atoms with van der Waals surface area (Å²) in [6.45, 7) is 1.15. The number of alkyl halides is 3. The van der Waals surface area contributed by atoms with Gasteiger partial charge in [0.25, 0.3) is 0 Å². The summed E-state index contributed by atoms with van der Waals surface area (Å²) in [5.41, 5.74) is -0.0247. The highest BCUT2D eigenvalue weighted by atomic mass is 35.5. The van der Waals surface area contributed by atoms with Crippen molar-refractivity contribution in [2.45, 2.75) is 25.2 Å². The summed E-state index contributed by atoms with van der Waals surface area (Å²) >= 11 is 1.81. The van der Waals surface area contributed by atoms with Crippen molar-refractivity contribution in [2.75, 3.05) is 18.1 Å². The van der Waals surface area contributed by atoms with Crippen molar-refractivity contribution in [2.24, 2.45) is 0 Å². The molecule has 1 amide bonds. The largest absolute Gasteiger partial charge is 0.416 e. The van der Waals surface area contributed by atoms with Gasteiger partial charge >= 0.3 is 6.18 Å².